The average molecular weight is 412 g/mol. The van der Waals surface area contributed by atoms with E-state index in [1.54, 1.807) is 18.2 Å². The minimum absolute atomic E-state index is 0.0763. The van der Waals surface area contributed by atoms with Crippen LogP contribution in [0, 0.1) is 6.92 Å². The van der Waals surface area contributed by atoms with Crippen LogP contribution < -0.4 is 10.0 Å². The molecule has 3 N–H and O–H groups in total. The highest BCUT2D eigenvalue weighted by atomic mass is 32.2. The van der Waals surface area contributed by atoms with E-state index in [4.69, 9.17) is 0 Å². The Morgan fingerprint density at radius 2 is 1.79 bits per heavy atom. The van der Waals surface area contributed by atoms with Crippen LogP contribution in [0.1, 0.15) is 5.01 Å². The van der Waals surface area contributed by atoms with E-state index in [-0.39, 0.29) is 5.03 Å². The second-order valence-electron chi connectivity index (χ2n) is 6.06. The van der Waals surface area contributed by atoms with Crippen LogP contribution in [0.2, 0.25) is 0 Å². The van der Waals surface area contributed by atoms with Gasteiger partial charge in [-0.05, 0) is 19.1 Å². The largest absolute Gasteiger partial charge is 0.344 e. The van der Waals surface area contributed by atoms with Gasteiger partial charge in [-0.15, -0.1) is 11.3 Å². The molecule has 0 saturated carbocycles. The van der Waals surface area contributed by atoms with Gasteiger partial charge in [-0.3, -0.25) is 5.32 Å². The number of H-pyrrole nitrogens is 1. The predicted octanol–water partition coefficient (Wildman–Crippen LogP) is 4.11. The van der Waals surface area contributed by atoms with Gasteiger partial charge in [0.05, 0.1) is 5.01 Å². The molecule has 4 aromatic rings. The first-order valence-corrected chi connectivity index (χ1v) is 10.7. The van der Waals surface area contributed by atoms with Crippen LogP contribution in [0.3, 0.4) is 0 Å². The number of thiazole rings is 1. The molecule has 0 bridgehead atoms. The number of hydrogen-bond donors (Lipinski definition) is 3. The molecule has 0 spiro atoms. The molecule has 2 aromatic heterocycles. The number of anilines is 1. The number of nitrogens with one attached hydrogen (secondary N) is 3. The maximum absolute atomic E-state index is 12.5. The number of fused-ring (bicyclic) bond motifs is 1. The quantitative estimate of drug-likeness (QED) is 0.469. The average Bonchev–Trinajstić information content (AvgIpc) is 3.26. The summed E-state index contributed by atoms with van der Waals surface area (Å²) >= 11 is 1.28. The number of carbonyl (C=O) groups excluding carboxylic acids is 1. The molecular formula is C19H16N4O3S2. The molecule has 9 heteroatoms. The van der Waals surface area contributed by atoms with Gasteiger partial charge < -0.3 is 4.98 Å². The number of amides is 2. The summed E-state index contributed by atoms with van der Waals surface area (Å²) in [5, 5.41) is 4.51. The van der Waals surface area contributed by atoms with Crippen molar-refractivity contribution >= 4 is 43.3 Å². The van der Waals surface area contributed by atoms with Crippen molar-refractivity contribution < 1.29 is 13.2 Å². The van der Waals surface area contributed by atoms with Crippen LogP contribution in [0.4, 0.5) is 9.80 Å². The predicted molar refractivity (Wildman–Crippen MR) is 110 cm³/mol. The number of aromatic amines is 1. The van der Waals surface area contributed by atoms with Crippen molar-refractivity contribution in [3.8, 4) is 11.3 Å². The van der Waals surface area contributed by atoms with Crippen molar-refractivity contribution in [1.82, 2.24) is 14.7 Å². The van der Waals surface area contributed by atoms with Crippen molar-refractivity contribution in [3.63, 3.8) is 0 Å². The van der Waals surface area contributed by atoms with E-state index < -0.39 is 16.1 Å². The van der Waals surface area contributed by atoms with Gasteiger partial charge in [0.25, 0.3) is 10.0 Å². The highest BCUT2D eigenvalue weighted by molar-refractivity contribution is 7.90. The number of benzene rings is 2. The smallest absolute Gasteiger partial charge is 0.333 e. The second-order valence-corrected chi connectivity index (χ2v) is 8.91. The van der Waals surface area contributed by atoms with Gasteiger partial charge in [-0.2, -0.15) is 8.42 Å². The first-order valence-electron chi connectivity index (χ1n) is 8.37. The van der Waals surface area contributed by atoms with Gasteiger partial charge in [0, 0.05) is 16.5 Å². The molecule has 0 fully saturated rings. The molecule has 0 aliphatic heterocycles. The summed E-state index contributed by atoms with van der Waals surface area (Å²) in [5.74, 6) is 0. The number of aryl methyl sites for hydroxylation is 1. The van der Waals surface area contributed by atoms with Crippen LogP contribution in [-0.4, -0.2) is 24.4 Å². The zero-order chi connectivity index (χ0) is 19.7. The summed E-state index contributed by atoms with van der Waals surface area (Å²) in [6.07, 6.45) is 0. The molecule has 142 valence electrons. The molecule has 4 rings (SSSR count). The van der Waals surface area contributed by atoms with Gasteiger partial charge in [-0.1, -0.05) is 48.5 Å². The molecule has 0 atom stereocenters. The van der Waals surface area contributed by atoms with E-state index in [0.717, 1.165) is 16.0 Å². The lowest BCUT2D eigenvalue weighted by atomic mass is 10.2. The van der Waals surface area contributed by atoms with Crippen LogP contribution in [-0.2, 0) is 10.0 Å². The molecule has 0 saturated heterocycles. The maximum atomic E-state index is 12.5. The van der Waals surface area contributed by atoms with Gasteiger partial charge in [0.1, 0.15) is 10.7 Å². The SMILES string of the molecule is Cc1nc(-c2ccccc2)c(NC(=O)NS(=O)(=O)c2cc3ccccc3[nH]2)s1. The Hall–Kier alpha value is -3.17. The normalized spacial score (nSPS) is 11.5. The standard InChI is InChI=1S/C19H16N4O3S2/c1-12-20-17(13-7-3-2-4-8-13)18(27-12)22-19(24)23-28(25,26)16-11-14-9-5-6-10-15(14)21-16/h2-11,21H,1H3,(H2,22,23,24). The van der Waals surface area contributed by atoms with Crippen LogP contribution in [0.5, 0.6) is 0 Å². The Bertz CT molecular complexity index is 1230. The number of hydrogen-bond acceptors (Lipinski definition) is 5. The molecule has 2 amide bonds. The van der Waals surface area contributed by atoms with Crippen LogP contribution in [0.25, 0.3) is 22.2 Å². The summed E-state index contributed by atoms with van der Waals surface area (Å²) < 4.78 is 27.1. The van der Waals surface area contributed by atoms with E-state index in [2.05, 4.69) is 15.3 Å². The van der Waals surface area contributed by atoms with E-state index in [9.17, 15) is 13.2 Å². The number of urea groups is 1. The third kappa shape index (κ3) is 3.62. The van der Waals surface area contributed by atoms with Gasteiger partial charge >= 0.3 is 6.03 Å². The molecule has 0 aliphatic rings. The topological polar surface area (TPSA) is 104 Å². The minimum Gasteiger partial charge on any atom is -0.344 e. The van der Waals surface area contributed by atoms with E-state index in [1.807, 2.05) is 48.0 Å². The molecule has 2 aromatic carbocycles. The Kier molecular flexibility index (Phi) is 4.62. The lowest BCUT2D eigenvalue weighted by molar-refractivity contribution is 0.256. The maximum Gasteiger partial charge on any atom is 0.333 e. The Morgan fingerprint density at radius 3 is 2.54 bits per heavy atom. The summed E-state index contributed by atoms with van der Waals surface area (Å²) in [7, 11) is -4.05. The zero-order valence-corrected chi connectivity index (χ0v) is 16.4. The highest BCUT2D eigenvalue weighted by Crippen LogP contribution is 2.32. The first kappa shape index (κ1) is 18.2. The monoisotopic (exact) mass is 412 g/mol. The molecule has 7 nitrogen and oxygen atoms in total. The minimum atomic E-state index is -4.05. The number of sulfonamides is 1. The number of carbonyl (C=O) groups is 1. The van der Waals surface area contributed by atoms with Crippen molar-refractivity contribution in [2.75, 3.05) is 5.32 Å². The van der Waals surface area contributed by atoms with E-state index in [0.29, 0.717) is 16.2 Å². The number of nitrogens with zero attached hydrogens (tertiary/aromatic N) is 1. The Labute approximate surface area is 165 Å². The molecule has 0 unspecified atom stereocenters. The second kappa shape index (κ2) is 7.10. The summed E-state index contributed by atoms with van der Waals surface area (Å²) in [4.78, 5) is 19.6. The van der Waals surface area contributed by atoms with E-state index >= 15 is 0 Å². The highest BCUT2D eigenvalue weighted by Gasteiger charge is 2.21. The van der Waals surface area contributed by atoms with Crippen molar-refractivity contribution in [2.45, 2.75) is 11.9 Å². The molecular weight excluding hydrogens is 396 g/mol. The summed E-state index contributed by atoms with van der Waals surface area (Å²) in [6, 6.07) is 17.2. The molecule has 28 heavy (non-hydrogen) atoms. The third-order valence-corrected chi connectivity index (χ3v) is 6.17. The fraction of sp³-hybridized carbons (Fsp3) is 0.0526. The summed E-state index contributed by atoms with van der Waals surface area (Å²) in [6.45, 7) is 1.82. The van der Waals surface area contributed by atoms with Crippen molar-refractivity contribution in [1.29, 1.82) is 0 Å². The van der Waals surface area contributed by atoms with Gasteiger partial charge in [0.2, 0.25) is 0 Å². The fourth-order valence-electron chi connectivity index (χ4n) is 2.80. The molecule has 0 aliphatic carbocycles. The van der Waals surface area contributed by atoms with Crippen LogP contribution >= 0.6 is 11.3 Å². The fourth-order valence-corrected chi connectivity index (χ4v) is 4.57. The number of aromatic nitrogens is 2. The van der Waals surface area contributed by atoms with Crippen LogP contribution in [0.15, 0.2) is 65.7 Å². The lowest BCUT2D eigenvalue weighted by Gasteiger charge is -2.07. The van der Waals surface area contributed by atoms with Crippen molar-refractivity contribution in [3.05, 3.63) is 65.7 Å². The summed E-state index contributed by atoms with van der Waals surface area (Å²) in [5.41, 5.74) is 2.11. The lowest BCUT2D eigenvalue weighted by Crippen LogP contribution is -2.34. The van der Waals surface area contributed by atoms with Gasteiger partial charge in [0.15, 0.2) is 5.03 Å². The Morgan fingerprint density at radius 1 is 1.07 bits per heavy atom. The van der Waals surface area contributed by atoms with E-state index in [1.165, 1.54) is 17.4 Å². The van der Waals surface area contributed by atoms with Crippen molar-refractivity contribution in [2.24, 2.45) is 0 Å². The zero-order valence-electron chi connectivity index (χ0n) is 14.8. The first-order chi connectivity index (χ1) is 13.4. The number of para-hydroxylation sites is 1. The molecule has 2 heterocycles. The number of rotatable bonds is 4. The Balaban J connectivity index is 1.56. The molecule has 0 radical (unpaired) electrons. The van der Waals surface area contributed by atoms with Gasteiger partial charge in [-0.25, -0.2) is 14.5 Å². The third-order valence-electron chi connectivity index (χ3n) is 4.03.